The Morgan fingerprint density at radius 3 is 2.68 bits per heavy atom. The van der Waals surface area contributed by atoms with Gasteiger partial charge in [-0.3, -0.25) is 14.9 Å². The molecule has 1 heterocycles. The molecule has 0 amide bonds. The van der Waals surface area contributed by atoms with E-state index < -0.39 is 10.9 Å². The van der Waals surface area contributed by atoms with Gasteiger partial charge in [-0.2, -0.15) is 0 Å². The van der Waals surface area contributed by atoms with Crippen LogP contribution >= 0.6 is 0 Å². The summed E-state index contributed by atoms with van der Waals surface area (Å²) in [6.45, 7) is 1.30. The van der Waals surface area contributed by atoms with E-state index in [0.29, 0.717) is 28.0 Å². The Hall–Kier alpha value is -3.55. The second-order valence-corrected chi connectivity index (χ2v) is 5.16. The molecule has 1 aromatic heterocycles. The summed E-state index contributed by atoms with van der Waals surface area (Å²) in [5.41, 5.74) is 1.05. The van der Waals surface area contributed by atoms with Crippen LogP contribution in [0.15, 0.2) is 42.6 Å². The van der Waals surface area contributed by atoms with Crippen LogP contribution in [-0.4, -0.2) is 28.0 Å². The lowest BCUT2D eigenvalue weighted by Gasteiger charge is -2.10. The van der Waals surface area contributed by atoms with Gasteiger partial charge in [-0.25, -0.2) is 9.97 Å². The summed E-state index contributed by atoms with van der Waals surface area (Å²) in [7, 11) is 1.46. The quantitative estimate of drug-likeness (QED) is 0.311. The van der Waals surface area contributed by atoms with Crippen molar-refractivity contribution in [1.29, 1.82) is 0 Å². The number of methoxy groups -OCH3 is 1. The molecule has 3 rings (SSSR count). The number of nitro benzene ring substituents is 1. The van der Waals surface area contributed by atoms with E-state index >= 15 is 0 Å². The van der Waals surface area contributed by atoms with E-state index in [1.54, 1.807) is 30.5 Å². The zero-order valence-corrected chi connectivity index (χ0v) is 13.4. The van der Waals surface area contributed by atoms with Gasteiger partial charge < -0.3 is 9.47 Å². The van der Waals surface area contributed by atoms with Crippen LogP contribution < -0.4 is 9.47 Å². The summed E-state index contributed by atoms with van der Waals surface area (Å²) in [5.74, 6) is 0.505. The minimum Gasteiger partial charge on any atom is -0.493 e. The number of nitro groups is 1. The zero-order chi connectivity index (χ0) is 18.0. The van der Waals surface area contributed by atoms with E-state index in [-0.39, 0.29) is 11.4 Å². The van der Waals surface area contributed by atoms with Crippen LogP contribution in [0.3, 0.4) is 0 Å². The fraction of sp³-hybridized carbons (Fsp3) is 0.118. The highest BCUT2D eigenvalue weighted by Crippen LogP contribution is 2.32. The molecule has 0 atom stereocenters. The van der Waals surface area contributed by atoms with Crippen LogP contribution in [0.2, 0.25) is 0 Å². The molecule has 3 aromatic rings. The molecule has 0 aliphatic carbocycles. The van der Waals surface area contributed by atoms with Crippen molar-refractivity contribution in [3.63, 3.8) is 0 Å². The summed E-state index contributed by atoms with van der Waals surface area (Å²) in [4.78, 5) is 30.3. The highest BCUT2D eigenvalue weighted by molar-refractivity contribution is 5.84. The molecule has 8 heteroatoms. The molecule has 0 fully saturated rings. The molecule has 0 N–H and O–H groups in total. The first kappa shape index (κ1) is 16.3. The average Bonchev–Trinajstić information content (AvgIpc) is 2.60. The largest absolute Gasteiger partial charge is 0.493 e. The third-order valence-electron chi connectivity index (χ3n) is 3.43. The molecule has 0 spiro atoms. The number of fused-ring (bicyclic) bond motifs is 1. The van der Waals surface area contributed by atoms with E-state index in [0.717, 1.165) is 0 Å². The van der Waals surface area contributed by atoms with Gasteiger partial charge in [0, 0.05) is 42.3 Å². The molecule has 2 aromatic carbocycles. The second-order valence-electron chi connectivity index (χ2n) is 5.16. The fourth-order valence-corrected chi connectivity index (χ4v) is 2.33. The van der Waals surface area contributed by atoms with Crippen molar-refractivity contribution in [3.8, 4) is 22.9 Å². The molecule has 0 saturated carbocycles. The fourth-order valence-electron chi connectivity index (χ4n) is 2.33. The van der Waals surface area contributed by atoms with E-state index in [1.165, 1.54) is 26.2 Å². The molecular formula is C17H13N3O5. The molecule has 25 heavy (non-hydrogen) atoms. The maximum Gasteiger partial charge on any atom is 0.308 e. The smallest absolute Gasteiger partial charge is 0.308 e. The Kier molecular flexibility index (Phi) is 4.25. The highest BCUT2D eigenvalue weighted by atomic mass is 16.6. The Morgan fingerprint density at radius 1 is 1.20 bits per heavy atom. The number of hydrogen-bond donors (Lipinski definition) is 0. The van der Waals surface area contributed by atoms with Crippen molar-refractivity contribution in [2.75, 3.05) is 7.11 Å². The van der Waals surface area contributed by atoms with E-state index in [1.807, 2.05) is 0 Å². The Labute approximate surface area is 142 Å². The second kappa shape index (κ2) is 6.52. The van der Waals surface area contributed by atoms with Crippen molar-refractivity contribution < 1.29 is 19.2 Å². The molecule has 0 unspecified atom stereocenters. The van der Waals surface area contributed by atoms with Crippen LogP contribution in [0.25, 0.3) is 22.3 Å². The first-order chi connectivity index (χ1) is 12.0. The Balaban J connectivity index is 2.09. The van der Waals surface area contributed by atoms with Gasteiger partial charge in [0.2, 0.25) is 0 Å². The molecule has 0 aliphatic rings. The molecule has 126 valence electrons. The van der Waals surface area contributed by atoms with Gasteiger partial charge in [-0.15, -0.1) is 0 Å². The molecule has 0 bridgehead atoms. The number of ether oxygens (including phenoxy) is 2. The molecule has 0 saturated heterocycles. The Bertz CT molecular complexity index is 987. The first-order valence-corrected chi connectivity index (χ1v) is 7.26. The number of nitrogens with zero attached hydrogens (tertiary/aromatic N) is 3. The van der Waals surface area contributed by atoms with Gasteiger partial charge in [0.05, 0.1) is 17.5 Å². The summed E-state index contributed by atoms with van der Waals surface area (Å²) in [6.07, 6.45) is 1.56. The number of hydrogen-bond acceptors (Lipinski definition) is 7. The lowest BCUT2D eigenvalue weighted by molar-refractivity contribution is -0.384. The third kappa shape index (κ3) is 3.37. The number of carbonyl (C=O) groups is 1. The van der Waals surface area contributed by atoms with Crippen LogP contribution in [0.4, 0.5) is 5.69 Å². The first-order valence-electron chi connectivity index (χ1n) is 7.26. The van der Waals surface area contributed by atoms with E-state index in [4.69, 9.17) is 9.47 Å². The highest BCUT2D eigenvalue weighted by Gasteiger charge is 2.13. The van der Waals surface area contributed by atoms with Crippen LogP contribution in [-0.2, 0) is 4.79 Å². The number of esters is 1. The van der Waals surface area contributed by atoms with Gasteiger partial charge in [0.1, 0.15) is 0 Å². The standard InChI is InChI=1S/C17H13N3O5/c1-10(21)25-16-7-12-9-18-17(19-14(12)8-15(16)24-2)11-4-3-5-13(6-11)20(22)23/h3-9H,1-2H3. The predicted octanol–water partition coefficient (Wildman–Crippen LogP) is 3.14. The summed E-state index contributed by atoms with van der Waals surface area (Å²) >= 11 is 0. The minimum atomic E-state index is -0.473. The average molecular weight is 339 g/mol. The van der Waals surface area contributed by atoms with Gasteiger partial charge in [-0.1, -0.05) is 12.1 Å². The number of rotatable bonds is 4. The van der Waals surface area contributed by atoms with Crippen LogP contribution in [0, 0.1) is 10.1 Å². The lowest BCUT2D eigenvalue weighted by Crippen LogP contribution is -2.03. The van der Waals surface area contributed by atoms with Gasteiger partial charge in [-0.05, 0) is 6.07 Å². The SMILES string of the molecule is COc1cc2nc(-c3cccc([N+](=O)[O-])c3)ncc2cc1OC(C)=O. The van der Waals surface area contributed by atoms with Crippen molar-refractivity contribution in [2.24, 2.45) is 0 Å². The summed E-state index contributed by atoms with van der Waals surface area (Å²) in [5, 5.41) is 11.6. The minimum absolute atomic E-state index is 0.0380. The number of aromatic nitrogens is 2. The van der Waals surface area contributed by atoms with Crippen molar-refractivity contribution in [3.05, 3.63) is 52.7 Å². The van der Waals surface area contributed by atoms with E-state index in [9.17, 15) is 14.9 Å². The van der Waals surface area contributed by atoms with Crippen molar-refractivity contribution in [2.45, 2.75) is 6.92 Å². The van der Waals surface area contributed by atoms with Crippen molar-refractivity contribution >= 4 is 22.6 Å². The topological polar surface area (TPSA) is 104 Å². The van der Waals surface area contributed by atoms with Crippen LogP contribution in [0.1, 0.15) is 6.92 Å². The van der Waals surface area contributed by atoms with E-state index in [2.05, 4.69) is 9.97 Å². The number of carbonyl (C=O) groups excluding carboxylic acids is 1. The number of benzene rings is 2. The summed E-state index contributed by atoms with van der Waals surface area (Å²) in [6, 6.07) is 9.30. The number of non-ortho nitro benzene ring substituents is 1. The maximum absolute atomic E-state index is 11.2. The zero-order valence-electron chi connectivity index (χ0n) is 13.4. The van der Waals surface area contributed by atoms with Crippen LogP contribution in [0.5, 0.6) is 11.5 Å². The summed E-state index contributed by atoms with van der Waals surface area (Å²) < 4.78 is 10.3. The molecule has 0 aliphatic heterocycles. The molecular weight excluding hydrogens is 326 g/mol. The third-order valence-corrected chi connectivity index (χ3v) is 3.43. The van der Waals surface area contributed by atoms with Crippen molar-refractivity contribution in [1.82, 2.24) is 9.97 Å². The predicted molar refractivity (Wildman–Crippen MR) is 89.5 cm³/mol. The molecule has 8 nitrogen and oxygen atoms in total. The normalized spacial score (nSPS) is 10.5. The van der Waals surface area contributed by atoms with Gasteiger partial charge in [0.15, 0.2) is 17.3 Å². The molecule has 0 radical (unpaired) electrons. The van der Waals surface area contributed by atoms with Gasteiger partial charge in [0.25, 0.3) is 5.69 Å². The van der Waals surface area contributed by atoms with Gasteiger partial charge >= 0.3 is 5.97 Å². The maximum atomic E-state index is 11.2. The Morgan fingerprint density at radius 2 is 2.00 bits per heavy atom. The lowest BCUT2D eigenvalue weighted by atomic mass is 10.1. The monoisotopic (exact) mass is 339 g/mol.